The number of rotatable bonds is 2. The van der Waals surface area contributed by atoms with Crippen LogP contribution in [-0.2, 0) is 11.2 Å². The minimum atomic E-state index is 0.243. The Hall–Kier alpha value is -0.870. The predicted octanol–water partition coefficient (Wildman–Crippen LogP) is 1.92. The van der Waals surface area contributed by atoms with Crippen molar-refractivity contribution in [3.63, 3.8) is 0 Å². The van der Waals surface area contributed by atoms with Gasteiger partial charge < -0.3 is 9.64 Å². The maximum atomic E-state index is 5.98. The second-order valence-corrected chi connectivity index (χ2v) is 4.33. The third-order valence-corrected chi connectivity index (χ3v) is 2.80. The maximum Gasteiger partial charge on any atom is 0.134 e. The molecule has 0 spiro atoms. The minimum absolute atomic E-state index is 0.243. The summed E-state index contributed by atoms with van der Waals surface area (Å²) in [7, 11) is 0. The smallest absolute Gasteiger partial charge is 0.134 e. The van der Waals surface area contributed by atoms with Gasteiger partial charge in [0.05, 0.1) is 12.7 Å². The highest BCUT2D eigenvalue weighted by Gasteiger charge is 2.18. The topological polar surface area (TPSA) is 38.2 Å². The van der Waals surface area contributed by atoms with E-state index in [1.165, 1.54) is 0 Å². The molecule has 5 heteroatoms. The normalized spacial score (nSPS) is 21.2. The van der Waals surface area contributed by atoms with Crippen molar-refractivity contribution in [1.29, 1.82) is 0 Å². The first-order valence-electron chi connectivity index (χ1n) is 5.59. The average molecular weight is 242 g/mol. The van der Waals surface area contributed by atoms with E-state index in [9.17, 15) is 0 Å². The summed E-state index contributed by atoms with van der Waals surface area (Å²) in [4.78, 5) is 10.8. The molecule has 1 aliphatic heterocycles. The van der Waals surface area contributed by atoms with Crippen LogP contribution in [0.15, 0.2) is 6.07 Å². The molecule has 0 amide bonds. The van der Waals surface area contributed by atoms with Gasteiger partial charge in [-0.1, -0.05) is 18.5 Å². The van der Waals surface area contributed by atoms with Crippen LogP contribution in [-0.4, -0.2) is 35.8 Å². The summed E-state index contributed by atoms with van der Waals surface area (Å²) in [5.74, 6) is 1.70. The standard InChI is InChI=1S/C11H16ClN3O/c1-3-10-13-9(12)6-11(14-10)15-4-5-16-8(2)7-15/h6,8H,3-5,7H2,1-2H3. The third-order valence-electron chi connectivity index (χ3n) is 2.61. The molecule has 1 saturated heterocycles. The first-order valence-corrected chi connectivity index (χ1v) is 5.97. The van der Waals surface area contributed by atoms with Gasteiger partial charge in [-0.3, -0.25) is 0 Å². The summed E-state index contributed by atoms with van der Waals surface area (Å²) in [6.07, 6.45) is 1.04. The molecule has 4 nitrogen and oxygen atoms in total. The molecule has 1 aromatic heterocycles. The number of halogens is 1. The van der Waals surface area contributed by atoms with E-state index < -0.39 is 0 Å². The number of aryl methyl sites for hydroxylation is 1. The van der Waals surface area contributed by atoms with Crippen molar-refractivity contribution in [2.75, 3.05) is 24.6 Å². The first-order chi connectivity index (χ1) is 7.69. The Bertz CT molecular complexity index is 372. The van der Waals surface area contributed by atoms with Crippen molar-refractivity contribution in [3.05, 3.63) is 17.0 Å². The van der Waals surface area contributed by atoms with Crippen LogP contribution in [0.5, 0.6) is 0 Å². The van der Waals surface area contributed by atoms with Gasteiger partial charge in [0.2, 0.25) is 0 Å². The van der Waals surface area contributed by atoms with Gasteiger partial charge in [-0.2, -0.15) is 0 Å². The number of ether oxygens (including phenoxy) is 1. The molecule has 0 radical (unpaired) electrons. The molecule has 0 aromatic carbocycles. The van der Waals surface area contributed by atoms with Crippen LogP contribution in [0.2, 0.25) is 5.15 Å². The third kappa shape index (κ3) is 2.62. The van der Waals surface area contributed by atoms with E-state index in [4.69, 9.17) is 16.3 Å². The van der Waals surface area contributed by atoms with Gasteiger partial charge in [-0.25, -0.2) is 9.97 Å². The van der Waals surface area contributed by atoms with Crippen molar-refractivity contribution < 1.29 is 4.74 Å². The molecule has 0 bridgehead atoms. The average Bonchev–Trinajstić information content (AvgIpc) is 2.28. The summed E-state index contributed by atoms with van der Waals surface area (Å²) in [5.41, 5.74) is 0. The molecule has 2 rings (SSSR count). The Labute approximate surface area is 101 Å². The molecule has 16 heavy (non-hydrogen) atoms. The SMILES string of the molecule is CCc1nc(Cl)cc(N2CCOC(C)C2)n1. The van der Waals surface area contributed by atoms with Gasteiger partial charge in [0.25, 0.3) is 0 Å². The van der Waals surface area contributed by atoms with E-state index in [1.807, 2.05) is 13.0 Å². The van der Waals surface area contributed by atoms with E-state index in [0.29, 0.717) is 5.15 Å². The van der Waals surface area contributed by atoms with Crippen molar-refractivity contribution in [1.82, 2.24) is 9.97 Å². The summed E-state index contributed by atoms with van der Waals surface area (Å²) >= 11 is 5.98. The van der Waals surface area contributed by atoms with Gasteiger partial charge in [-0.05, 0) is 6.92 Å². The molecule has 0 saturated carbocycles. The van der Waals surface area contributed by atoms with Crippen LogP contribution in [0.25, 0.3) is 0 Å². The van der Waals surface area contributed by atoms with Crippen LogP contribution in [0.4, 0.5) is 5.82 Å². The predicted molar refractivity (Wildman–Crippen MR) is 64.0 cm³/mol. The Morgan fingerprint density at radius 2 is 2.38 bits per heavy atom. The number of hydrogen-bond acceptors (Lipinski definition) is 4. The Morgan fingerprint density at radius 1 is 1.56 bits per heavy atom. The van der Waals surface area contributed by atoms with E-state index in [0.717, 1.165) is 37.8 Å². The van der Waals surface area contributed by atoms with Crippen LogP contribution in [0, 0.1) is 0 Å². The number of anilines is 1. The molecule has 1 aromatic rings. The zero-order valence-corrected chi connectivity index (χ0v) is 10.4. The van der Waals surface area contributed by atoms with Crippen LogP contribution in [0.1, 0.15) is 19.7 Å². The molecule has 0 aliphatic carbocycles. The Kier molecular flexibility index (Phi) is 3.61. The van der Waals surface area contributed by atoms with Gasteiger partial charge in [0.15, 0.2) is 0 Å². The number of hydrogen-bond donors (Lipinski definition) is 0. The van der Waals surface area contributed by atoms with E-state index in [2.05, 4.69) is 21.8 Å². The van der Waals surface area contributed by atoms with E-state index >= 15 is 0 Å². The highest BCUT2D eigenvalue weighted by molar-refractivity contribution is 6.29. The fourth-order valence-corrected chi connectivity index (χ4v) is 1.99. The zero-order chi connectivity index (χ0) is 11.5. The molecule has 1 aliphatic rings. The summed E-state index contributed by atoms with van der Waals surface area (Å²) in [6.45, 7) is 6.55. The van der Waals surface area contributed by atoms with E-state index in [-0.39, 0.29) is 6.10 Å². The van der Waals surface area contributed by atoms with Crippen molar-refractivity contribution in [3.8, 4) is 0 Å². The maximum absolute atomic E-state index is 5.98. The van der Waals surface area contributed by atoms with Crippen molar-refractivity contribution in [2.45, 2.75) is 26.4 Å². The molecular weight excluding hydrogens is 226 g/mol. The van der Waals surface area contributed by atoms with Gasteiger partial charge in [-0.15, -0.1) is 0 Å². The quantitative estimate of drug-likeness (QED) is 0.742. The molecule has 1 atom stereocenters. The van der Waals surface area contributed by atoms with E-state index in [1.54, 1.807) is 0 Å². The van der Waals surface area contributed by atoms with Gasteiger partial charge in [0.1, 0.15) is 16.8 Å². The minimum Gasteiger partial charge on any atom is -0.375 e. The molecular formula is C11H16ClN3O. The Balaban J connectivity index is 2.21. The summed E-state index contributed by atoms with van der Waals surface area (Å²) in [5, 5.41) is 0.515. The lowest BCUT2D eigenvalue weighted by Crippen LogP contribution is -2.41. The summed E-state index contributed by atoms with van der Waals surface area (Å²) < 4.78 is 5.50. The molecule has 1 fully saturated rings. The Morgan fingerprint density at radius 3 is 3.06 bits per heavy atom. The first kappa shape index (κ1) is 11.6. The largest absolute Gasteiger partial charge is 0.375 e. The lowest BCUT2D eigenvalue weighted by Gasteiger charge is -2.32. The number of nitrogens with zero attached hydrogens (tertiary/aromatic N) is 3. The van der Waals surface area contributed by atoms with Crippen LogP contribution < -0.4 is 4.90 Å². The fourth-order valence-electron chi connectivity index (χ4n) is 1.80. The van der Waals surface area contributed by atoms with Crippen molar-refractivity contribution >= 4 is 17.4 Å². The molecule has 88 valence electrons. The summed E-state index contributed by atoms with van der Waals surface area (Å²) in [6, 6.07) is 1.82. The highest BCUT2D eigenvalue weighted by atomic mass is 35.5. The van der Waals surface area contributed by atoms with Gasteiger partial charge >= 0.3 is 0 Å². The molecule has 0 N–H and O–H groups in total. The van der Waals surface area contributed by atoms with Gasteiger partial charge in [0, 0.05) is 25.6 Å². The number of aromatic nitrogens is 2. The van der Waals surface area contributed by atoms with Crippen molar-refractivity contribution in [2.24, 2.45) is 0 Å². The second-order valence-electron chi connectivity index (χ2n) is 3.95. The lowest BCUT2D eigenvalue weighted by molar-refractivity contribution is 0.0529. The lowest BCUT2D eigenvalue weighted by atomic mass is 10.3. The molecule has 1 unspecified atom stereocenters. The highest BCUT2D eigenvalue weighted by Crippen LogP contribution is 2.18. The zero-order valence-electron chi connectivity index (χ0n) is 9.61. The number of morpholine rings is 1. The monoisotopic (exact) mass is 241 g/mol. The van der Waals surface area contributed by atoms with Crippen LogP contribution >= 0.6 is 11.6 Å². The fraction of sp³-hybridized carbons (Fsp3) is 0.636. The second kappa shape index (κ2) is 4.97. The molecule has 2 heterocycles. The van der Waals surface area contributed by atoms with Crippen LogP contribution in [0.3, 0.4) is 0 Å².